The molecule has 3 N–H and O–H groups in total. The van der Waals surface area contributed by atoms with Crippen molar-refractivity contribution in [2.75, 3.05) is 24.7 Å². The monoisotopic (exact) mass is 372 g/mol. The molecule has 2 aromatic carbocycles. The number of anilines is 2. The van der Waals surface area contributed by atoms with Gasteiger partial charge in [-0.25, -0.2) is 9.18 Å². The van der Waals surface area contributed by atoms with E-state index >= 15 is 0 Å². The predicted octanol–water partition coefficient (Wildman–Crippen LogP) is 3.60. The van der Waals surface area contributed by atoms with Gasteiger partial charge in [-0.05, 0) is 44.8 Å². The Morgan fingerprint density at radius 3 is 2.30 bits per heavy atom. The first-order valence-corrected chi connectivity index (χ1v) is 8.64. The van der Waals surface area contributed by atoms with E-state index in [1.165, 1.54) is 25.1 Å². The minimum atomic E-state index is -0.568. The molecule has 0 saturated carbocycles. The number of carbonyl (C=O) groups excluding carboxylic acids is 2. The second kappa shape index (κ2) is 9.14. The van der Waals surface area contributed by atoms with E-state index in [9.17, 15) is 14.0 Å². The van der Waals surface area contributed by atoms with E-state index in [0.29, 0.717) is 5.69 Å². The van der Waals surface area contributed by atoms with Crippen LogP contribution in [-0.2, 0) is 4.79 Å². The van der Waals surface area contributed by atoms with Crippen molar-refractivity contribution in [1.29, 1.82) is 0 Å². The fourth-order valence-corrected chi connectivity index (χ4v) is 3.03. The number of likely N-dealkylation sites (N-methyl/N-ethyl adjacent to an activating group) is 1. The Morgan fingerprint density at radius 2 is 1.70 bits per heavy atom. The maximum atomic E-state index is 13.7. The van der Waals surface area contributed by atoms with Gasteiger partial charge in [-0.3, -0.25) is 4.79 Å². The molecule has 0 aliphatic carbocycles. The van der Waals surface area contributed by atoms with Gasteiger partial charge in [0.2, 0.25) is 5.91 Å². The number of halogens is 1. The molecular weight excluding hydrogens is 347 g/mol. The Kier molecular flexibility index (Phi) is 6.90. The van der Waals surface area contributed by atoms with Crippen molar-refractivity contribution in [3.05, 3.63) is 59.9 Å². The van der Waals surface area contributed by atoms with Crippen LogP contribution >= 0.6 is 0 Å². The van der Waals surface area contributed by atoms with Crippen LogP contribution in [0, 0.1) is 5.82 Å². The zero-order valence-corrected chi connectivity index (χ0v) is 15.9. The number of nitrogens with zero attached hydrogens (tertiary/aromatic N) is 1. The van der Waals surface area contributed by atoms with E-state index in [0.717, 1.165) is 5.56 Å². The number of hydrogen-bond donors (Lipinski definition) is 3. The lowest BCUT2D eigenvalue weighted by atomic mass is 9.99. The summed E-state index contributed by atoms with van der Waals surface area (Å²) < 4.78 is 13.7. The molecule has 3 amide bonds. The van der Waals surface area contributed by atoms with Gasteiger partial charge in [0.25, 0.3) is 0 Å². The lowest BCUT2D eigenvalue weighted by Gasteiger charge is -2.31. The van der Waals surface area contributed by atoms with E-state index in [4.69, 9.17) is 0 Å². The van der Waals surface area contributed by atoms with Gasteiger partial charge in [-0.15, -0.1) is 0 Å². The number of carbonyl (C=O) groups is 2. The molecule has 0 heterocycles. The molecule has 6 nitrogen and oxygen atoms in total. The molecule has 27 heavy (non-hydrogen) atoms. The molecule has 0 aliphatic heterocycles. The van der Waals surface area contributed by atoms with Crippen LogP contribution in [0.25, 0.3) is 0 Å². The van der Waals surface area contributed by atoms with Gasteiger partial charge < -0.3 is 20.9 Å². The van der Waals surface area contributed by atoms with Gasteiger partial charge in [0.05, 0.1) is 11.7 Å². The van der Waals surface area contributed by atoms with Crippen LogP contribution in [0.4, 0.5) is 20.6 Å². The Balaban J connectivity index is 2.07. The van der Waals surface area contributed by atoms with Crippen molar-refractivity contribution >= 4 is 23.3 Å². The average molecular weight is 372 g/mol. The fourth-order valence-electron chi connectivity index (χ4n) is 3.03. The van der Waals surface area contributed by atoms with Crippen LogP contribution < -0.4 is 16.0 Å². The molecule has 2 rings (SSSR count). The molecule has 0 radical (unpaired) electrons. The number of amides is 3. The van der Waals surface area contributed by atoms with Gasteiger partial charge in [0, 0.05) is 18.7 Å². The zero-order chi connectivity index (χ0) is 20.0. The molecule has 0 aliphatic rings. The van der Waals surface area contributed by atoms with Crippen LogP contribution in [0.15, 0.2) is 48.5 Å². The van der Waals surface area contributed by atoms with E-state index in [2.05, 4.69) is 16.0 Å². The standard InChI is InChI=1S/C20H25FN4O2/c1-13(19(25(3)4)15-8-6-5-7-9-15)22-20(27)24-16-10-11-17(21)18(12-16)23-14(2)26/h5-13,19H,1-4H3,(H,23,26)(H2,22,24,27)/t13-,19-/m1/s1. The van der Waals surface area contributed by atoms with Crippen LogP contribution in [0.3, 0.4) is 0 Å². The highest BCUT2D eigenvalue weighted by Gasteiger charge is 2.23. The molecule has 144 valence electrons. The first kappa shape index (κ1) is 20.4. The van der Waals surface area contributed by atoms with Crippen molar-refractivity contribution in [3.63, 3.8) is 0 Å². The van der Waals surface area contributed by atoms with Crippen molar-refractivity contribution in [2.45, 2.75) is 25.9 Å². The predicted molar refractivity (Wildman–Crippen MR) is 105 cm³/mol. The van der Waals surface area contributed by atoms with Crippen molar-refractivity contribution in [1.82, 2.24) is 10.2 Å². The Morgan fingerprint density at radius 1 is 1.04 bits per heavy atom. The molecule has 0 unspecified atom stereocenters. The summed E-state index contributed by atoms with van der Waals surface area (Å²) in [6, 6.07) is 13.3. The summed E-state index contributed by atoms with van der Waals surface area (Å²) in [6.07, 6.45) is 0. The summed E-state index contributed by atoms with van der Waals surface area (Å²) in [6.45, 7) is 3.21. The second-order valence-electron chi connectivity index (χ2n) is 6.58. The quantitative estimate of drug-likeness (QED) is 0.725. The van der Waals surface area contributed by atoms with Crippen molar-refractivity contribution in [3.8, 4) is 0 Å². The molecule has 0 spiro atoms. The van der Waals surface area contributed by atoms with Gasteiger partial charge in [0.1, 0.15) is 5.82 Å². The third-order valence-electron chi connectivity index (χ3n) is 4.06. The molecule has 0 bridgehead atoms. The molecule has 2 aromatic rings. The lowest BCUT2D eigenvalue weighted by Crippen LogP contribution is -2.44. The summed E-state index contributed by atoms with van der Waals surface area (Å²) in [5.74, 6) is -0.956. The van der Waals surface area contributed by atoms with Crippen LogP contribution in [0.2, 0.25) is 0 Å². The van der Waals surface area contributed by atoms with Crippen LogP contribution in [-0.4, -0.2) is 37.0 Å². The minimum Gasteiger partial charge on any atom is -0.333 e. The van der Waals surface area contributed by atoms with Gasteiger partial charge in [0.15, 0.2) is 0 Å². The lowest BCUT2D eigenvalue weighted by molar-refractivity contribution is -0.114. The SMILES string of the molecule is CC(=O)Nc1cc(NC(=O)N[C@H](C)[C@H](c2ccccc2)N(C)C)ccc1F. The number of benzene rings is 2. The molecule has 7 heteroatoms. The largest absolute Gasteiger partial charge is 0.333 e. The van der Waals surface area contributed by atoms with E-state index < -0.39 is 11.8 Å². The van der Waals surface area contributed by atoms with Crippen LogP contribution in [0.1, 0.15) is 25.5 Å². The number of nitrogens with one attached hydrogen (secondary N) is 3. The third-order valence-corrected chi connectivity index (χ3v) is 4.06. The smallest absolute Gasteiger partial charge is 0.319 e. The first-order chi connectivity index (χ1) is 12.8. The average Bonchev–Trinajstić information content (AvgIpc) is 2.58. The Bertz CT molecular complexity index is 796. The summed E-state index contributed by atoms with van der Waals surface area (Å²) >= 11 is 0. The Labute approximate surface area is 158 Å². The normalized spacial score (nSPS) is 13.0. The molecule has 0 aromatic heterocycles. The highest BCUT2D eigenvalue weighted by atomic mass is 19.1. The number of urea groups is 1. The van der Waals surface area contributed by atoms with Crippen molar-refractivity contribution in [2.24, 2.45) is 0 Å². The summed E-state index contributed by atoms with van der Waals surface area (Å²) in [4.78, 5) is 25.5. The minimum absolute atomic E-state index is 0.0138. The van der Waals surface area contributed by atoms with E-state index in [-0.39, 0.29) is 23.7 Å². The third kappa shape index (κ3) is 5.79. The first-order valence-electron chi connectivity index (χ1n) is 8.64. The fraction of sp³-hybridized carbons (Fsp3) is 0.300. The summed E-state index contributed by atoms with van der Waals surface area (Å²) in [5.41, 5.74) is 1.49. The molecular formula is C20H25FN4O2. The van der Waals surface area contributed by atoms with E-state index in [1.807, 2.05) is 56.3 Å². The molecule has 0 fully saturated rings. The highest BCUT2D eigenvalue weighted by molar-refractivity contribution is 5.92. The molecule has 2 atom stereocenters. The van der Waals surface area contributed by atoms with Gasteiger partial charge >= 0.3 is 6.03 Å². The van der Waals surface area contributed by atoms with Gasteiger partial charge in [-0.2, -0.15) is 0 Å². The van der Waals surface area contributed by atoms with Crippen molar-refractivity contribution < 1.29 is 14.0 Å². The summed E-state index contributed by atoms with van der Waals surface area (Å²) in [5, 5.41) is 7.97. The zero-order valence-electron chi connectivity index (χ0n) is 15.9. The maximum absolute atomic E-state index is 13.7. The topological polar surface area (TPSA) is 73.5 Å². The summed E-state index contributed by atoms with van der Waals surface area (Å²) in [7, 11) is 3.90. The Hall–Kier alpha value is -2.93. The number of hydrogen-bond acceptors (Lipinski definition) is 3. The maximum Gasteiger partial charge on any atom is 0.319 e. The number of rotatable bonds is 6. The second-order valence-corrected chi connectivity index (χ2v) is 6.58. The highest BCUT2D eigenvalue weighted by Crippen LogP contribution is 2.23. The van der Waals surface area contributed by atoms with E-state index in [1.54, 1.807) is 0 Å². The van der Waals surface area contributed by atoms with Crippen LogP contribution in [0.5, 0.6) is 0 Å². The molecule has 0 saturated heterocycles. The van der Waals surface area contributed by atoms with Gasteiger partial charge in [-0.1, -0.05) is 30.3 Å².